The first-order valence-electron chi connectivity index (χ1n) is 4.70. The van der Waals surface area contributed by atoms with Gasteiger partial charge in [0.25, 0.3) is 0 Å². The van der Waals surface area contributed by atoms with Gasteiger partial charge in [0.2, 0.25) is 5.91 Å². The van der Waals surface area contributed by atoms with Crippen LogP contribution in [0.2, 0.25) is 0 Å². The summed E-state index contributed by atoms with van der Waals surface area (Å²) in [5.74, 6) is 0.0515. The van der Waals surface area contributed by atoms with Crippen LogP contribution < -0.4 is 5.73 Å². The monoisotopic (exact) mass is 186 g/mol. The van der Waals surface area contributed by atoms with E-state index < -0.39 is 0 Å². The fourth-order valence-corrected chi connectivity index (χ4v) is 1.96. The Kier molecular flexibility index (Phi) is 3.27. The van der Waals surface area contributed by atoms with Crippen molar-refractivity contribution in [2.75, 3.05) is 19.6 Å². The van der Waals surface area contributed by atoms with Crippen molar-refractivity contribution >= 4 is 5.91 Å². The molecule has 0 aromatic carbocycles. The van der Waals surface area contributed by atoms with E-state index in [1.807, 2.05) is 6.92 Å². The molecule has 0 aromatic rings. The summed E-state index contributed by atoms with van der Waals surface area (Å²) in [4.78, 5) is 13.1. The topological polar surface area (TPSA) is 66.6 Å². The Labute approximate surface area is 78.7 Å². The molecule has 0 bridgehead atoms. The Morgan fingerprint density at radius 1 is 1.69 bits per heavy atom. The lowest BCUT2D eigenvalue weighted by Gasteiger charge is -2.16. The van der Waals surface area contributed by atoms with Crippen LogP contribution in [0.15, 0.2) is 0 Å². The summed E-state index contributed by atoms with van der Waals surface area (Å²) in [5.41, 5.74) is 5.25. The summed E-state index contributed by atoms with van der Waals surface area (Å²) in [5, 5.41) is 9.17. The molecule has 1 unspecified atom stereocenters. The van der Waals surface area contributed by atoms with Crippen LogP contribution in [0.1, 0.15) is 13.8 Å². The van der Waals surface area contributed by atoms with Gasteiger partial charge in [-0.3, -0.25) is 9.69 Å². The minimum Gasteiger partial charge on any atom is -0.392 e. The van der Waals surface area contributed by atoms with Crippen molar-refractivity contribution in [3.8, 4) is 0 Å². The maximum atomic E-state index is 11.0. The van der Waals surface area contributed by atoms with Gasteiger partial charge in [-0.15, -0.1) is 0 Å². The van der Waals surface area contributed by atoms with Gasteiger partial charge in [-0.05, 0) is 12.8 Å². The molecule has 0 radical (unpaired) electrons. The molecule has 1 aliphatic rings. The molecule has 4 heteroatoms. The third-order valence-corrected chi connectivity index (χ3v) is 2.58. The number of nitrogens with zero attached hydrogens (tertiary/aromatic N) is 1. The predicted molar refractivity (Wildman–Crippen MR) is 50.0 cm³/mol. The van der Waals surface area contributed by atoms with Gasteiger partial charge in [0.1, 0.15) is 0 Å². The molecule has 0 aliphatic carbocycles. The number of carbonyl (C=O) groups excluding carboxylic acids is 1. The summed E-state index contributed by atoms with van der Waals surface area (Å²) in [6.07, 6.45) is -0.334. The number of aliphatic hydroxyl groups is 1. The zero-order chi connectivity index (χ0) is 10.0. The summed E-state index contributed by atoms with van der Waals surface area (Å²) in [7, 11) is 0. The molecular weight excluding hydrogens is 168 g/mol. The van der Waals surface area contributed by atoms with Gasteiger partial charge < -0.3 is 10.8 Å². The molecule has 0 aromatic heterocycles. The summed E-state index contributed by atoms with van der Waals surface area (Å²) in [6.45, 7) is 5.97. The van der Waals surface area contributed by atoms with Gasteiger partial charge in [0.15, 0.2) is 0 Å². The fourth-order valence-electron chi connectivity index (χ4n) is 1.96. The lowest BCUT2D eigenvalue weighted by atomic mass is 9.98. The average Bonchev–Trinajstić information content (AvgIpc) is 2.29. The first-order valence-corrected chi connectivity index (χ1v) is 4.70. The molecular formula is C9H18N2O2. The Hall–Kier alpha value is -0.610. The van der Waals surface area contributed by atoms with Crippen LogP contribution in [0.25, 0.3) is 0 Å². The molecule has 3 N–H and O–H groups in total. The van der Waals surface area contributed by atoms with Gasteiger partial charge in [-0.2, -0.15) is 0 Å². The van der Waals surface area contributed by atoms with Crippen LogP contribution in [0.5, 0.6) is 0 Å². The SMILES string of the molecule is CC(O)CN1C[C@@H](C)[C@H](C(N)=O)C1. The molecule has 4 nitrogen and oxygen atoms in total. The van der Waals surface area contributed by atoms with E-state index in [0.29, 0.717) is 19.0 Å². The Morgan fingerprint density at radius 3 is 2.69 bits per heavy atom. The second-order valence-corrected chi connectivity index (χ2v) is 4.05. The zero-order valence-electron chi connectivity index (χ0n) is 8.23. The average molecular weight is 186 g/mol. The lowest BCUT2D eigenvalue weighted by Crippen LogP contribution is -2.31. The molecule has 0 spiro atoms. The minimum atomic E-state index is -0.334. The van der Waals surface area contributed by atoms with Crippen LogP contribution in [-0.4, -0.2) is 41.7 Å². The number of carbonyl (C=O) groups is 1. The molecule has 1 aliphatic heterocycles. The molecule has 1 fully saturated rings. The number of rotatable bonds is 3. The van der Waals surface area contributed by atoms with E-state index in [2.05, 4.69) is 4.90 Å². The quantitative estimate of drug-likeness (QED) is 0.619. The Morgan fingerprint density at radius 2 is 2.31 bits per heavy atom. The molecule has 1 amide bonds. The zero-order valence-corrected chi connectivity index (χ0v) is 8.23. The van der Waals surface area contributed by atoms with Crippen molar-refractivity contribution in [3.63, 3.8) is 0 Å². The van der Waals surface area contributed by atoms with E-state index >= 15 is 0 Å². The number of nitrogens with two attached hydrogens (primary N) is 1. The second-order valence-electron chi connectivity index (χ2n) is 4.05. The van der Waals surface area contributed by atoms with Crippen LogP contribution in [-0.2, 0) is 4.79 Å². The fraction of sp³-hybridized carbons (Fsp3) is 0.889. The van der Waals surface area contributed by atoms with Crippen molar-refractivity contribution in [1.29, 1.82) is 0 Å². The van der Waals surface area contributed by atoms with Crippen molar-refractivity contribution in [1.82, 2.24) is 4.90 Å². The van der Waals surface area contributed by atoms with Crippen molar-refractivity contribution < 1.29 is 9.90 Å². The van der Waals surface area contributed by atoms with Crippen LogP contribution >= 0.6 is 0 Å². The van der Waals surface area contributed by atoms with E-state index in [0.717, 1.165) is 6.54 Å². The van der Waals surface area contributed by atoms with Gasteiger partial charge >= 0.3 is 0 Å². The summed E-state index contributed by atoms with van der Waals surface area (Å²) >= 11 is 0. The Bertz CT molecular complexity index is 194. The standard InChI is InChI=1S/C9H18N2O2/c1-6-3-11(4-7(2)12)5-8(6)9(10)13/h6-8,12H,3-5H2,1-2H3,(H2,10,13)/t6-,7?,8-/m1/s1. The maximum Gasteiger partial charge on any atom is 0.222 e. The normalized spacial score (nSPS) is 31.9. The summed E-state index contributed by atoms with van der Waals surface area (Å²) in [6, 6.07) is 0. The molecule has 1 heterocycles. The molecule has 3 atom stereocenters. The first-order chi connectivity index (χ1) is 6.00. The van der Waals surface area contributed by atoms with E-state index in [1.54, 1.807) is 6.92 Å². The van der Waals surface area contributed by atoms with Crippen LogP contribution in [0.4, 0.5) is 0 Å². The largest absolute Gasteiger partial charge is 0.392 e. The number of hydrogen-bond donors (Lipinski definition) is 2. The number of aliphatic hydroxyl groups excluding tert-OH is 1. The second kappa shape index (κ2) is 4.07. The van der Waals surface area contributed by atoms with Crippen molar-refractivity contribution in [3.05, 3.63) is 0 Å². The predicted octanol–water partition coefficient (Wildman–Crippen LogP) is -0.580. The van der Waals surface area contributed by atoms with E-state index in [-0.39, 0.29) is 17.9 Å². The molecule has 1 rings (SSSR count). The number of likely N-dealkylation sites (tertiary alicyclic amines) is 1. The lowest BCUT2D eigenvalue weighted by molar-refractivity contribution is -0.122. The number of hydrogen-bond acceptors (Lipinski definition) is 3. The summed E-state index contributed by atoms with van der Waals surface area (Å²) < 4.78 is 0. The first kappa shape index (κ1) is 10.5. The third kappa shape index (κ3) is 2.67. The van der Waals surface area contributed by atoms with Gasteiger partial charge in [-0.25, -0.2) is 0 Å². The van der Waals surface area contributed by atoms with Crippen LogP contribution in [0.3, 0.4) is 0 Å². The van der Waals surface area contributed by atoms with E-state index in [1.165, 1.54) is 0 Å². The molecule has 1 saturated heterocycles. The van der Waals surface area contributed by atoms with Gasteiger partial charge in [0.05, 0.1) is 12.0 Å². The molecule has 76 valence electrons. The molecule has 13 heavy (non-hydrogen) atoms. The number of amides is 1. The van der Waals surface area contributed by atoms with E-state index in [4.69, 9.17) is 10.8 Å². The highest BCUT2D eigenvalue weighted by Gasteiger charge is 2.33. The maximum absolute atomic E-state index is 11.0. The van der Waals surface area contributed by atoms with Crippen molar-refractivity contribution in [2.45, 2.75) is 20.0 Å². The smallest absolute Gasteiger partial charge is 0.222 e. The van der Waals surface area contributed by atoms with Gasteiger partial charge in [0, 0.05) is 19.6 Å². The highest BCUT2D eigenvalue weighted by Crippen LogP contribution is 2.22. The minimum absolute atomic E-state index is 0.0428. The highest BCUT2D eigenvalue weighted by molar-refractivity contribution is 5.77. The number of primary amides is 1. The van der Waals surface area contributed by atoms with Crippen LogP contribution in [0, 0.1) is 11.8 Å². The molecule has 0 saturated carbocycles. The third-order valence-electron chi connectivity index (χ3n) is 2.58. The number of β-amino-alcohol motifs (C(OH)–C–C–N with tert-alkyl or cyclic N) is 1. The van der Waals surface area contributed by atoms with Crippen molar-refractivity contribution in [2.24, 2.45) is 17.6 Å². The highest BCUT2D eigenvalue weighted by atomic mass is 16.3. The Balaban J connectivity index is 2.45. The van der Waals surface area contributed by atoms with Gasteiger partial charge in [-0.1, -0.05) is 6.92 Å². The van der Waals surface area contributed by atoms with E-state index in [9.17, 15) is 4.79 Å².